The second kappa shape index (κ2) is 10.1. The van der Waals surface area contributed by atoms with Gasteiger partial charge in [0.15, 0.2) is 5.71 Å². The van der Waals surface area contributed by atoms with Crippen LogP contribution in [-0.4, -0.2) is 46.9 Å². The molecule has 2 aromatic rings. The molecule has 7 heteroatoms. The van der Waals surface area contributed by atoms with Gasteiger partial charge < -0.3 is 26.8 Å². The number of benzene rings is 1. The molecule has 2 unspecified atom stereocenters. The molecular formula is C21H25BrN2O3S. The summed E-state index contributed by atoms with van der Waals surface area (Å²) in [5.41, 5.74) is -0.0974. The number of hydrogen-bond acceptors (Lipinski definition) is 5. The van der Waals surface area contributed by atoms with Gasteiger partial charge in [0.05, 0.1) is 17.7 Å². The Morgan fingerprint density at radius 3 is 2.68 bits per heavy atom. The molecule has 0 bridgehead atoms. The van der Waals surface area contributed by atoms with E-state index in [2.05, 4.69) is 23.4 Å². The second-order valence-corrected chi connectivity index (χ2v) is 7.43. The van der Waals surface area contributed by atoms with Crippen LogP contribution in [0.1, 0.15) is 37.1 Å². The van der Waals surface area contributed by atoms with E-state index < -0.39 is 11.6 Å². The zero-order valence-electron chi connectivity index (χ0n) is 16.0. The zero-order chi connectivity index (χ0) is 19.3. The van der Waals surface area contributed by atoms with E-state index in [9.17, 15) is 9.90 Å². The highest BCUT2D eigenvalue weighted by molar-refractivity contribution is 7.10. The molecule has 0 radical (unpaired) electrons. The molecule has 1 N–H and O–H groups in total. The van der Waals surface area contributed by atoms with Gasteiger partial charge in [-0.3, -0.25) is 0 Å². The van der Waals surface area contributed by atoms with Crippen LogP contribution in [0, 0.1) is 0 Å². The van der Waals surface area contributed by atoms with E-state index in [-0.39, 0.29) is 29.8 Å². The van der Waals surface area contributed by atoms with Gasteiger partial charge in [-0.25, -0.2) is 14.4 Å². The maximum absolute atomic E-state index is 12.8. The van der Waals surface area contributed by atoms with Crippen molar-refractivity contribution >= 4 is 29.2 Å². The van der Waals surface area contributed by atoms with Gasteiger partial charge in [0.2, 0.25) is 11.8 Å². The Labute approximate surface area is 180 Å². The summed E-state index contributed by atoms with van der Waals surface area (Å²) in [5, 5.41) is 13.1. The van der Waals surface area contributed by atoms with Gasteiger partial charge in [-0.1, -0.05) is 36.4 Å². The first kappa shape index (κ1) is 22.5. The Balaban J connectivity index is 0.00000280. The average Bonchev–Trinajstić information content (AvgIpc) is 3.35. The minimum absolute atomic E-state index is 0. The van der Waals surface area contributed by atoms with Crippen molar-refractivity contribution in [2.24, 2.45) is 4.99 Å². The van der Waals surface area contributed by atoms with Gasteiger partial charge in [0.25, 0.3) is 0 Å². The third-order valence-electron chi connectivity index (χ3n) is 4.78. The van der Waals surface area contributed by atoms with E-state index in [1.165, 1.54) is 11.3 Å². The summed E-state index contributed by atoms with van der Waals surface area (Å²) in [6, 6.07) is 12.5. The molecule has 0 fully saturated rings. The quantitative estimate of drug-likeness (QED) is 0.345. The van der Waals surface area contributed by atoms with E-state index in [4.69, 9.17) is 4.74 Å². The van der Waals surface area contributed by atoms with Gasteiger partial charge in [0.1, 0.15) is 6.54 Å². The summed E-state index contributed by atoms with van der Waals surface area (Å²) in [4.78, 5) is 17.8. The van der Waals surface area contributed by atoms with E-state index in [1.807, 2.05) is 23.7 Å². The smallest absolute Gasteiger partial charge is 0.348 e. The summed E-state index contributed by atoms with van der Waals surface area (Å²) in [7, 11) is 0. The van der Waals surface area contributed by atoms with Gasteiger partial charge in [0, 0.05) is 18.9 Å². The number of rotatable bonds is 8. The predicted octanol–water partition coefficient (Wildman–Crippen LogP) is 0.215. The molecule has 1 aliphatic rings. The van der Waals surface area contributed by atoms with E-state index in [1.54, 1.807) is 30.3 Å². The summed E-state index contributed by atoms with van der Waals surface area (Å²) in [6.45, 7) is 5.32. The number of esters is 1. The summed E-state index contributed by atoms with van der Waals surface area (Å²) in [5.74, 6) is -0.637. The molecule has 2 heterocycles. The SMILES string of the molecule is CC[N+]1=C(CCCOC(=O)C(O)(c2ccccc2)c2cccs2)C=NC1C.[Br-]. The molecule has 0 aliphatic carbocycles. The third kappa shape index (κ3) is 4.59. The van der Waals surface area contributed by atoms with E-state index in [0.717, 1.165) is 18.7 Å². The molecule has 150 valence electrons. The van der Waals surface area contributed by atoms with Crippen molar-refractivity contribution in [2.45, 2.75) is 38.5 Å². The van der Waals surface area contributed by atoms with Crippen LogP contribution in [0.5, 0.6) is 0 Å². The lowest BCUT2D eigenvalue weighted by atomic mass is 9.92. The number of carbonyl (C=O) groups is 1. The van der Waals surface area contributed by atoms with E-state index in [0.29, 0.717) is 16.9 Å². The minimum Gasteiger partial charge on any atom is -1.00 e. The number of ether oxygens (including phenoxy) is 1. The number of thiophene rings is 1. The summed E-state index contributed by atoms with van der Waals surface area (Å²) < 4.78 is 7.71. The first-order chi connectivity index (χ1) is 13.1. The van der Waals surface area contributed by atoms with Crippen LogP contribution in [0.25, 0.3) is 0 Å². The Morgan fingerprint density at radius 2 is 2.04 bits per heavy atom. The molecule has 1 aromatic carbocycles. The summed E-state index contributed by atoms with van der Waals surface area (Å²) >= 11 is 1.34. The van der Waals surface area contributed by atoms with Crippen molar-refractivity contribution in [2.75, 3.05) is 13.2 Å². The molecule has 1 aliphatic heterocycles. The standard InChI is InChI=1S/C21H25N2O3S.BrH/c1-3-23-16(2)22-15-18(23)11-7-13-26-20(24)21(25,19-12-8-14-27-19)17-9-5-4-6-10-17;/h4-6,8-10,12,14-16,25H,3,7,11,13H2,1-2H3;1H/q+1;/p-1. The molecular weight excluding hydrogens is 440 g/mol. The topological polar surface area (TPSA) is 61.9 Å². The largest absolute Gasteiger partial charge is 1.00 e. The minimum atomic E-state index is -1.78. The number of aliphatic imine (C=N–C) groups is 1. The fourth-order valence-electron chi connectivity index (χ4n) is 3.31. The monoisotopic (exact) mass is 464 g/mol. The lowest BCUT2D eigenvalue weighted by molar-refractivity contribution is -0.553. The third-order valence-corrected chi connectivity index (χ3v) is 5.75. The lowest BCUT2D eigenvalue weighted by Crippen LogP contribution is -3.00. The van der Waals surface area contributed by atoms with Crippen LogP contribution < -0.4 is 17.0 Å². The van der Waals surface area contributed by atoms with Crippen molar-refractivity contribution in [3.05, 3.63) is 58.3 Å². The maximum atomic E-state index is 12.8. The van der Waals surface area contributed by atoms with Gasteiger partial charge >= 0.3 is 5.97 Å². The number of carbonyl (C=O) groups excluding carboxylic acids is 1. The van der Waals surface area contributed by atoms with Crippen LogP contribution in [0.2, 0.25) is 0 Å². The number of nitrogens with zero attached hydrogens (tertiary/aromatic N) is 2. The normalized spacial score (nSPS) is 17.9. The molecule has 0 saturated carbocycles. The predicted molar refractivity (Wildman–Crippen MR) is 108 cm³/mol. The van der Waals surface area contributed by atoms with Crippen molar-refractivity contribution in [1.29, 1.82) is 0 Å². The Bertz CT molecular complexity index is 837. The van der Waals surface area contributed by atoms with Crippen LogP contribution in [0.3, 0.4) is 0 Å². The van der Waals surface area contributed by atoms with Crippen LogP contribution in [0.4, 0.5) is 0 Å². The number of halogens is 1. The molecule has 0 spiro atoms. The molecule has 0 saturated heterocycles. The molecule has 0 amide bonds. The summed E-state index contributed by atoms with van der Waals surface area (Å²) in [6.07, 6.45) is 3.56. The fraction of sp³-hybridized carbons (Fsp3) is 0.381. The molecule has 1 aromatic heterocycles. The van der Waals surface area contributed by atoms with Crippen molar-refractivity contribution in [3.63, 3.8) is 0 Å². The highest BCUT2D eigenvalue weighted by Gasteiger charge is 2.42. The van der Waals surface area contributed by atoms with E-state index >= 15 is 0 Å². The molecule has 5 nitrogen and oxygen atoms in total. The zero-order valence-corrected chi connectivity index (χ0v) is 18.4. The fourth-order valence-corrected chi connectivity index (χ4v) is 4.14. The van der Waals surface area contributed by atoms with Crippen molar-refractivity contribution in [1.82, 2.24) is 0 Å². The van der Waals surface area contributed by atoms with Gasteiger partial charge in [-0.15, -0.1) is 11.3 Å². The van der Waals surface area contributed by atoms with Crippen LogP contribution in [0.15, 0.2) is 52.8 Å². The molecule has 3 rings (SSSR count). The Hall–Kier alpha value is -1.83. The first-order valence-electron chi connectivity index (χ1n) is 9.22. The second-order valence-electron chi connectivity index (χ2n) is 6.48. The van der Waals surface area contributed by atoms with Crippen molar-refractivity contribution in [3.8, 4) is 0 Å². The lowest BCUT2D eigenvalue weighted by Gasteiger charge is -2.25. The van der Waals surface area contributed by atoms with Crippen LogP contribution >= 0.6 is 11.3 Å². The Kier molecular flexibility index (Phi) is 8.10. The Morgan fingerprint density at radius 1 is 1.29 bits per heavy atom. The van der Waals surface area contributed by atoms with Crippen LogP contribution in [-0.2, 0) is 15.1 Å². The molecule has 28 heavy (non-hydrogen) atoms. The van der Waals surface area contributed by atoms with Crippen molar-refractivity contribution < 1.29 is 36.2 Å². The average molecular weight is 465 g/mol. The number of hydrogen-bond donors (Lipinski definition) is 1. The van der Waals surface area contributed by atoms with Gasteiger partial charge in [-0.05, 0) is 24.8 Å². The highest BCUT2D eigenvalue weighted by Crippen LogP contribution is 2.34. The first-order valence-corrected chi connectivity index (χ1v) is 10.1. The number of aliphatic hydroxyl groups is 1. The highest BCUT2D eigenvalue weighted by atomic mass is 79.9. The van der Waals surface area contributed by atoms with Gasteiger partial charge in [-0.2, -0.15) is 0 Å². The maximum Gasteiger partial charge on any atom is 0.348 e. The molecule has 2 atom stereocenters.